The van der Waals surface area contributed by atoms with Crippen molar-refractivity contribution in [2.75, 3.05) is 0 Å². The average molecular weight is 236 g/mol. The molecule has 1 aliphatic carbocycles. The standard InChI is InChI=1S/C12H16N2O3/c13-9-4-6-11(7-5-9)17-12-3-1-2-10(8-12)14(15)16/h1-3,8-9,11H,4-7,13H2. The SMILES string of the molecule is NC1CCC(Oc2cccc([N+](=O)[O-])c2)CC1. The fourth-order valence-corrected chi connectivity index (χ4v) is 2.07. The summed E-state index contributed by atoms with van der Waals surface area (Å²) in [6, 6.07) is 6.60. The molecule has 0 heterocycles. The molecule has 0 radical (unpaired) electrons. The van der Waals surface area contributed by atoms with Crippen LogP contribution in [0.1, 0.15) is 25.7 Å². The first-order valence-electron chi connectivity index (χ1n) is 5.82. The minimum absolute atomic E-state index is 0.0648. The predicted octanol–water partition coefficient (Wildman–Crippen LogP) is 2.24. The molecular formula is C12H16N2O3. The van der Waals surface area contributed by atoms with E-state index >= 15 is 0 Å². The number of nitro benzene ring substituents is 1. The number of ether oxygens (including phenoxy) is 1. The normalized spacial score (nSPS) is 24.3. The van der Waals surface area contributed by atoms with E-state index in [4.69, 9.17) is 10.5 Å². The second-order valence-electron chi connectivity index (χ2n) is 4.41. The van der Waals surface area contributed by atoms with Gasteiger partial charge in [-0.3, -0.25) is 10.1 Å². The van der Waals surface area contributed by atoms with Crippen LogP contribution in [0.3, 0.4) is 0 Å². The first-order valence-corrected chi connectivity index (χ1v) is 5.82. The van der Waals surface area contributed by atoms with Gasteiger partial charge in [0, 0.05) is 12.1 Å². The Morgan fingerprint density at radius 3 is 2.65 bits per heavy atom. The summed E-state index contributed by atoms with van der Waals surface area (Å²) in [5.74, 6) is 0.569. The van der Waals surface area contributed by atoms with Gasteiger partial charge in [-0.15, -0.1) is 0 Å². The number of non-ortho nitro benzene ring substituents is 1. The first-order chi connectivity index (χ1) is 8.15. The van der Waals surface area contributed by atoms with Crippen molar-refractivity contribution in [2.24, 2.45) is 5.73 Å². The van der Waals surface area contributed by atoms with Crippen molar-refractivity contribution in [1.82, 2.24) is 0 Å². The Labute approximate surface area is 99.7 Å². The summed E-state index contributed by atoms with van der Waals surface area (Å²) in [6.07, 6.45) is 3.89. The molecule has 5 heteroatoms. The lowest BCUT2D eigenvalue weighted by molar-refractivity contribution is -0.384. The van der Waals surface area contributed by atoms with E-state index in [9.17, 15) is 10.1 Å². The van der Waals surface area contributed by atoms with Crippen LogP contribution in [0.25, 0.3) is 0 Å². The molecular weight excluding hydrogens is 220 g/mol. The fourth-order valence-electron chi connectivity index (χ4n) is 2.07. The van der Waals surface area contributed by atoms with Gasteiger partial charge < -0.3 is 10.5 Å². The molecule has 1 aromatic carbocycles. The second kappa shape index (κ2) is 5.14. The Balaban J connectivity index is 1.98. The van der Waals surface area contributed by atoms with E-state index in [1.54, 1.807) is 12.1 Å². The zero-order valence-electron chi connectivity index (χ0n) is 9.54. The van der Waals surface area contributed by atoms with Gasteiger partial charge in [0.1, 0.15) is 5.75 Å². The molecule has 92 valence electrons. The van der Waals surface area contributed by atoms with Gasteiger partial charge in [0.05, 0.1) is 17.1 Å². The van der Waals surface area contributed by atoms with E-state index in [0.717, 1.165) is 25.7 Å². The largest absolute Gasteiger partial charge is 0.490 e. The number of hydrogen-bond donors (Lipinski definition) is 1. The monoisotopic (exact) mass is 236 g/mol. The summed E-state index contributed by atoms with van der Waals surface area (Å²) in [6.45, 7) is 0. The summed E-state index contributed by atoms with van der Waals surface area (Å²) in [5, 5.41) is 10.6. The number of nitro groups is 1. The number of nitrogens with two attached hydrogens (primary N) is 1. The molecule has 0 amide bonds. The zero-order valence-corrected chi connectivity index (χ0v) is 9.54. The number of rotatable bonds is 3. The van der Waals surface area contributed by atoms with Crippen molar-refractivity contribution in [3.8, 4) is 5.75 Å². The average Bonchev–Trinajstić information content (AvgIpc) is 2.32. The molecule has 0 spiro atoms. The summed E-state index contributed by atoms with van der Waals surface area (Å²) in [7, 11) is 0. The molecule has 1 fully saturated rings. The van der Waals surface area contributed by atoms with Crippen LogP contribution in [0.4, 0.5) is 5.69 Å². The van der Waals surface area contributed by atoms with Crippen LogP contribution < -0.4 is 10.5 Å². The lowest BCUT2D eigenvalue weighted by atomic mass is 9.94. The van der Waals surface area contributed by atoms with Gasteiger partial charge in [0.25, 0.3) is 5.69 Å². The van der Waals surface area contributed by atoms with Gasteiger partial charge in [0.15, 0.2) is 0 Å². The minimum atomic E-state index is -0.413. The Bertz CT molecular complexity index is 400. The predicted molar refractivity (Wildman–Crippen MR) is 64.0 cm³/mol. The Kier molecular flexibility index (Phi) is 3.58. The van der Waals surface area contributed by atoms with E-state index in [1.807, 2.05) is 0 Å². The molecule has 2 rings (SSSR count). The Morgan fingerprint density at radius 2 is 2.00 bits per heavy atom. The Hall–Kier alpha value is -1.62. The van der Waals surface area contributed by atoms with Crippen LogP contribution in [-0.2, 0) is 0 Å². The van der Waals surface area contributed by atoms with Crippen LogP contribution in [-0.4, -0.2) is 17.1 Å². The highest BCUT2D eigenvalue weighted by Crippen LogP contribution is 2.25. The van der Waals surface area contributed by atoms with Gasteiger partial charge in [-0.25, -0.2) is 0 Å². The lowest BCUT2D eigenvalue weighted by Crippen LogP contribution is -2.31. The molecule has 0 bridgehead atoms. The van der Waals surface area contributed by atoms with Crippen LogP contribution >= 0.6 is 0 Å². The molecule has 0 atom stereocenters. The van der Waals surface area contributed by atoms with Crippen LogP contribution in [0.5, 0.6) is 5.75 Å². The molecule has 17 heavy (non-hydrogen) atoms. The molecule has 1 aromatic rings. The highest BCUT2D eigenvalue weighted by atomic mass is 16.6. The van der Waals surface area contributed by atoms with Crippen LogP contribution in [0.15, 0.2) is 24.3 Å². The maximum atomic E-state index is 10.6. The third-order valence-electron chi connectivity index (χ3n) is 3.05. The van der Waals surface area contributed by atoms with Crippen molar-refractivity contribution in [1.29, 1.82) is 0 Å². The Morgan fingerprint density at radius 1 is 1.29 bits per heavy atom. The molecule has 0 unspecified atom stereocenters. The fraction of sp³-hybridized carbons (Fsp3) is 0.500. The highest BCUT2D eigenvalue weighted by Gasteiger charge is 2.20. The van der Waals surface area contributed by atoms with E-state index in [-0.39, 0.29) is 17.8 Å². The number of hydrogen-bond acceptors (Lipinski definition) is 4. The maximum absolute atomic E-state index is 10.6. The summed E-state index contributed by atoms with van der Waals surface area (Å²) in [5.41, 5.74) is 5.87. The van der Waals surface area contributed by atoms with Gasteiger partial charge in [0.2, 0.25) is 0 Å². The van der Waals surface area contributed by atoms with Crippen molar-refractivity contribution in [2.45, 2.75) is 37.8 Å². The zero-order chi connectivity index (χ0) is 12.3. The smallest absolute Gasteiger partial charge is 0.273 e. The van der Waals surface area contributed by atoms with E-state index < -0.39 is 4.92 Å². The quantitative estimate of drug-likeness (QED) is 0.644. The minimum Gasteiger partial charge on any atom is -0.490 e. The van der Waals surface area contributed by atoms with Gasteiger partial charge in [-0.2, -0.15) is 0 Å². The number of nitrogens with zero attached hydrogens (tertiary/aromatic N) is 1. The summed E-state index contributed by atoms with van der Waals surface area (Å²) < 4.78 is 5.73. The van der Waals surface area contributed by atoms with Crippen LogP contribution in [0.2, 0.25) is 0 Å². The molecule has 0 aromatic heterocycles. The third kappa shape index (κ3) is 3.17. The lowest BCUT2D eigenvalue weighted by Gasteiger charge is -2.26. The summed E-state index contributed by atoms with van der Waals surface area (Å²) >= 11 is 0. The van der Waals surface area contributed by atoms with E-state index in [0.29, 0.717) is 5.75 Å². The second-order valence-corrected chi connectivity index (χ2v) is 4.41. The van der Waals surface area contributed by atoms with Gasteiger partial charge >= 0.3 is 0 Å². The maximum Gasteiger partial charge on any atom is 0.273 e. The van der Waals surface area contributed by atoms with Crippen molar-refractivity contribution < 1.29 is 9.66 Å². The molecule has 1 saturated carbocycles. The highest BCUT2D eigenvalue weighted by molar-refractivity contribution is 5.38. The molecule has 5 nitrogen and oxygen atoms in total. The van der Waals surface area contributed by atoms with Crippen molar-refractivity contribution in [3.63, 3.8) is 0 Å². The molecule has 0 saturated heterocycles. The molecule has 1 aliphatic rings. The topological polar surface area (TPSA) is 78.4 Å². The first kappa shape index (κ1) is 11.9. The van der Waals surface area contributed by atoms with Gasteiger partial charge in [-0.1, -0.05) is 6.07 Å². The van der Waals surface area contributed by atoms with Crippen molar-refractivity contribution >= 4 is 5.69 Å². The van der Waals surface area contributed by atoms with Gasteiger partial charge in [-0.05, 0) is 31.7 Å². The number of benzene rings is 1. The molecule has 0 aliphatic heterocycles. The van der Waals surface area contributed by atoms with E-state index in [2.05, 4.69) is 0 Å². The summed E-state index contributed by atoms with van der Waals surface area (Å²) in [4.78, 5) is 10.2. The van der Waals surface area contributed by atoms with Crippen LogP contribution in [0, 0.1) is 10.1 Å². The third-order valence-corrected chi connectivity index (χ3v) is 3.05. The van der Waals surface area contributed by atoms with Crippen molar-refractivity contribution in [3.05, 3.63) is 34.4 Å². The van der Waals surface area contributed by atoms with E-state index in [1.165, 1.54) is 12.1 Å². The molecule has 2 N–H and O–H groups in total.